The molecule has 0 unspecified atom stereocenters. The number of ketones is 1. The number of nitrogens with zero attached hydrogens (tertiary/aromatic N) is 5. The number of fused-ring (bicyclic) bond motifs is 3. The van der Waals surface area contributed by atoms with Gasteiger partial charge in [0.05, 0.1) is 10.8 Å². The number of nitrogen functional groups attached to an aromatic ring is 1. The van der Waals surface area contributed by atoms with Crippen molar-refractivity contribution < 1.29 is 4.79 Å². The lowest BCUT2D eigenvalue weighted by atomic mass is 10.1. The summed E-state index contributed by atoms with van der Waals surface area (Å²) in [6, 6.07) is 9.81. The van der Waals surface area contributed by atoms with Crippen molar-refractivity contribution >= 4 is 39.9 Å². The van der Waals surface area contributed by atoms with Gasteiger partial charge >= 0.3 is 5.69 Å². The van der Waals surface area contributed by atoms with Gasteiger partial charge in [0, 0.05) is 19.5 Å². The molecule has 0 bridgehead atoms. The van der Waals surface area contributed by atoms with Gasteiger partial charge in [0.25, 0.3) is 5.56 Å². The predicted octanol–water partition coefficient (Wildman–Crippen LogP) is 1.53. The average molecular weight is 424 g/mol. The van der Waals surface area contributed by atoms with Gasteiger partial charge in [-0.25, -0.2) is 4.79 Å². The Morgan fingerprint density at radius 1 is 1.13 bits per heavy atom. The Kier molecular flexibility index (Phi) is 4.73. The second-order valence-corrected chi connectivity index (χ2v) is 8.42. The van der Waals surface area contributed by atoms with Crippen LogP contribution in [-0.4, -0.2) is 34.8 Å². The Morgan fingerprint density at radius 2 is 1.83 bits per heavy atom. The molecule has 1 atom stereocenters. The van der Waals surface area contributed by atoms with Crippen molar-refractivity contribution in [1.82, 2.24) is 23.7 Å². The number of hydrogen-bond acceptors (Lipinski definition) is 7. The molecule has 1 aromatic carbocycles. The summed E-state index contributed by atoms with van der Waals surface area (Å²) in [5.74, 6) is -0.616. The number of Topliss-reactive ketones (excluding diaryl/α,β-unsaturated/α-hetero) is 1. The van der Waals surface area contributed by atoms with Crippen molar-refractivity contribution in [3.63, 3.8) is 0 Å². The highest BCUT2D eigenvalue weighted by molar-refractivity contribution is 8.00. The fourth-order valence-corrected chi connectivity index (χ4v) is 4.38. The number of nitrogens with two attached hydrogens (primary N) is 1. The highest BCUT2D eigenvalue weighted by atomic mass is 32.2. The summed E-state index contributed by atoms with van der Waals surface area (Å²) in [6.45, 7) is 3.68. The van der Waals surface area contributed by atoms with Crippen LogP contribution in [0.25, 0.3) is 16.6 Å². The van der Waals surface area contributed by atoms with E-state index in [2.05, 4.69) is 10.2 Å². The number of anilines is 1. The second-order valence-electron chi connectivity index (χ2n) is 7.11. The number of pyridine rings is 1. The molecule has 3 heterocycles. The van der Waals surface area contributed by atoms with E-state index in [1.165, 1.54) is 25.9 Å². The van der Waals surface area contributed by atoms with Gasteiger partial charge in [-0.1, -0.05) is 30.0 Å². The maximum atomic E-state index is 13.1. The molecule has 0 radical (unpaired) electrons. The first-order chi connectivity index (χ1) is 14.2. The van der Waals surface area contributed by atoms with Gasteiger partial charge < -0.3 is 5.73 Å². The van der Waals surface area contributed by atoms with Crippen LogP contribution >= 0.6 is 11.8 Å². The van der Waals surface area contributed by atoms with Crippen LogP contribution in [0.15, 0.2) is 45.1 Å². The Labute approximate surface area is 175 Å². The van der Waals surface area contributed by atoms with Crippen molar-refractivity contribution in [1.29, 1.82) is 0 Å². The fraction of sp³-hybridized carbons (Fsp3) is 0.250. The Hall–Kier alpha value is -3.40. The largest absolute Gasteiger partial charge is 0.384 e. The monoisotopic (exact) mass is 424 g/mol. The second kappa shape index (κ2) is 7.13. The number of aryl methyl sites for hydroxylation is 1. The van der Waals surface area contributed by atoms with Crippen LogP contribution in [0.1, 0.15) is 22.8 Å². The van der Waals surface area contributed by atoms with Crippen molar-refractivity contribution in [3.05, 3.63) is 62.3 Å². The quantitative estimate of drug-likeness (QED) is 0.390. The minimum absolute atomic E-state index is 0.146. The van der Waals surface area contributed by atoms with E-state index in [-0.39, 0.29) is 11.4 Å². The van der Waals surface area contributed by atoms with E-state index in [1.807, 2.05) is 41.7 Å². The third kappa shape index (κ3) is 2.91. The smallest absolute Gasteiger partial charge is 0.332 e. The first kappa shape index (κ1) is 19.9. The molecule has 30 heavy (non-hydrogen) atoms. The van der Waals surface area contributed by atoms with E-state index in [0.29, 0.717) is 10.8 Å². The third-order valence-electron chi connectivity index (χ3n) is 5.18. The molecule has 0 aliphatic rings. The van der Waals surface area contributed by atoms with Gasteiger partial charge in [0.2, 0.25) is 0 Å². The number of thioether (sulfide) groups is 1. The molecule has 0 saturated carbocycles. The number of para-hydroxylation sites is 1. The molecule has 0 spiro atoms. The standard InChI is InChI=1S/C20H20N6O3S/c1-10-9-14-22-23-19(26(14)13-8-6-5-7-12(10)13)30-11(2)16(27)15-17(21)24(3)20(29)25(4)18(15)28/h5-9,11H,21H2,1-4H3/t11-/m1/s1. The van der Waals surface area contributed by atoms with E-state index in [9.17, 15) is 14.4 Å². The SMILES string of the molecule is Cc1cc2nnc(S[C@H](C)C(=O)c3c(N)n(C)c(=O)n(C)c3=O)n2c2ccccc12. The molecule has 0 aliphatic heterocycles. The lowest BCUT2D eigenvalue weighted by Crippen LogP contribution is -2.42. The molecule has 9 nitrogen and oxygen atoms in total. The van der Waals surface area contributed by atoms with Crippen LogP contribution < -0.4 is 17.0 Å². The van der Waals surface area contributed by atoms with Crippen LogP contribution in [0.4, 0.5) is 5.82 Å². The van der Waals surface area contributed by atoms with Gasteiger partial charge in [-0.2, -0.15) is 0 Å². The van der Waals surface area contributed by atoms with Crippen molar-refractivity contribution in [2.24, 2.45) is 14.1 Å². The third-order valence-corrected chi connectivity index (χ3v) is 6.22. The van der Waals surface area contributed by atoms with E-state index in [4.69, 9.17) is 5.73 Å². The lowest BCUT2D eigenvalue weighted by Gasteiger charge is -2.14. The Balaban J connectivity index is 1.79. The minimum Gasteiger partial charge on any atom is -0.384 e. The molecule has 4 rings (SSSR count). The molecule has 0 aliphatic carbocycles. The maximum Gasteiger partial charge on any atom is 0.332 e. The number of rotatable bonds is 4. The Bertz CT molecular complexity index is 1450. The summed E-state index contributed by atoms with van der Waals surface area (Å²) in [5, 5.41) is 9.40. The van der Waals surface area contributed by atoms with Gasteiger partial charge in [-0.05, 0) is 31.5 Å². The summed E-state index contributed by atoms with van der Waals surface area (Å²) >= 11 is 1.19. The molecule has 10 heteroatoms. The van der Waals surface area contributed by atoms with Crippen LogP contribution in [0.3, 0.4) is 0 Å². The van der Waals surface area contributed by atoms with Crippen molar-refractivity contribution in [2.75, 3.05) is 5.73 Å². The zero-order chi connectivity index (χ0) is 21.7. The topological polar surface area (TPSA) is 117 Å². The highest BCUT2D eigenvalue weighted by Gasteiger charge is 2.27. The van der Waals surface area contributed by atoms with Gasteiger partial charge in [0.15, 0.2) is 16.6 Å². The van der Waals surface area contributed by atoms with E-state index >= 15 is 0 Å². The van der Waals surface area contributed by atoms with Gasteiger partial charge in [-0.15, -0.1) is 10.2 Å². The normalized spacial score (nSPS) is 12.5. The molecule has 4 aromatic rings. The maximum absolute atomic E-state index is 13.1. The molecule has 154 valence electrons. The van der Waals surface area contributed by atoms with Gasteiger partial charge in [-0.3, -0.25) is 23.1 Å². The summed E-state index contributed by atoms with van der Waals surface area (Å²) in [4.78, 5) is 37.7. The summed E-state index contributed by atoms with van der Waals surface area (Å²) in [7, 11) is 2.74. The number of benzene rings is 1. The van der Waals surface area contributed by atoms with Crippen LogP contribution in [0.2, 0.25) is 0 Å². The molecule has 3 aromatic heterocycles. The number of carbonyl (C=O) groups excluding carboxylic acids is 1. The zero-order valence-corrected chi connectivity index (χ0v) is 17.7. The molecular formula is C20H20N6O3S. The first-order valence-electron chi connectivity index (χ1n) is 9.22. The van der Waals surface area contributed by atoms with Crippen LogP contribution in [-0.2, 0) is 14.1 Å². The number of carbonyl (C=O) groups is 1. The van der Waals surface area contributed by atoms with E-state index < -0.39 is 22.3 Å². The van der Waals surface area contributed by atoms with E-state index in [1.54, 1.807) is 6.92 Å². The number of hydrogen-bond donors (Lipinski definition) is 1. The fourth-order valence-electron chi connectivity index (χ4n) is 3.46. The van der Waals surface area contributed by atoms with Crippen molar-refractivity contribution in [3.8, 4) is 0 Å². The van der Waals surface area contributed by atoms with Crippen LogP contribution in [0.5, 0.6) is 0 Å². The Morgan fingerprint density at radius 3 is 2.57 bits per heavy atom. The summed E-state index contributed by atoms with van der Waals surface area (Å²) < 4.78 is 3.86. The molecule has 0 saturated heterocycles. The van der Waals surface area contributed by atoms with E-state index in [0.717, 1.165) is 25.6 Å². The predicted molar refractivity (Wildman–Crippen MR) is 116 cm³/mol. The van der Waals surface area contributed by atoms with Crippen LogP contribution in [0, 0.1) is 6.92 Å². The average Bonchev–Trinajstić information content (AvgIpc) is 3.13. The summed E-state index contributed by atoms with van der Waals surface area (Å²) in [6.07, 6.45) is 0. The molecule has 0 amide bonds. The first-order valence-corrected chi connectivity index (χ1v) is 10.1. The zero-order valence-electron chi connectivity index (χ0n) is 16.9. The number of aromatic nitrogens is 5. The van der Waals surface area contributed by atoms with Gasteiger partial charge in [0.1, 0.15) is 11.4 Å². The lowest BCUT2D eigenvalue weighted by molar-refractivity contribution is 0.0992. The molecule has 0 fully saturated rings. The molecule has 2 N–H and O–H groups in total. The molecular weight excluding hydrogens is 404 g/mol. The summed E-state index contributed by atoms with van der Waals surface area (Å²) in [5.41, 5.74) is 7.12. The highest BCUT2D eigenvalue weighted by Crippen LogP contribution is 2.29. The minimum atomic E-state index is -0.708. The van der Waals surface area contributed by atoms with Crippen molar-refractivity contribution in [2.45, 2.75) is 24.3 Å².